The van der Waals surface area contributed by atoms with Crippen molar-refractivity contribution in [3.8, 4) is 67.5 Å². The quantitative estimate of drug-likeness (QED) is 0.182. The Morgan fingerprint density at radius 1 is 0.435 bits per heavy atom. The third-order valence-corrected chi connectivity index (χ3v) is 12.1. The summed E-state index contributed by atoms with van der Waals surface area (Å²) in [4.78, 5) is 10.6. The molecule has 0 spiro atoms. The number of imidazole rings is 1. The second-order valence-electron chi connectivity index (χ2n) is 21.1. The first kappa shape index (κ1) is 42.4. The molecule has 4 nitrogen and oxygen atoms in total. The van der Waals surface area contributed by atoms with E-state index in [4.69, 9.17) is 9.97 Å². The van der Waals surface area contributed by atoms with E-state index < -0.39 is 0 Å². The molecule has 62 heavy (non-hydrogen) atoms. The van der Waals surface area contributed by atoms with Gasteiger partial charge in [0.05, 0.1) is 22.3 Å². The van der Waals surface area contributed by atoms with Crippen LogP contribution in [0.3, 0.4) is 0 Å². The lowest BCUT2D eigenvalue weighted by atomic mass is 9.78. The van der Waals surface area contributed by atoms with Gasteiger partial charge in [0.15, 0.2) is 0 Å². The van der Waals surface area contributed by atoms with Crippen LogP contribution in [0.4, 0.5) is 0 Å². The van der Waals surface area contributed by atoms with E-state index in [1.165, 1.54) is 16.7 Å². The number of phenolic OH excluding ortho intramolecular Hbond substituents is 1. The molecule has 8 rings (SSSR count). The predicted molar refractivity (Wildman–Crippen MR) is 263 cm³/mol. The van der Waals surface area contributed by atoms with E-state index in [0.29, 0.717) is 5.82 Å². The standard InChI is InChI=1S/C58H61N3O/c1-55(2,3)43-31-40(32-44(34-43)56(4,5)6)39-28-41(30-42(29-39)50-33-38(26-27-59-50)37-20-15-13-16-21-37)47-24-19-25-51-52(47)60-54(61(51)46-22-17-14-18-23-46)48-35-45(57(7,8)9)36-49(53(48)62)58(10,11)12/h13-36,62H,1-12H3. The van der Waals surface area contributed by atoms with Gasteiger partial charge in [0, 0.05) is 28.6 Å². The average molecular weight is 816 g/mol. The molecule has 8 aromatic rings. The number of fused-ring (bicyclic) bond motifs is 1. The molecule has 0 saturated carbocycles. The summed E-state index contributed by atoms with van der Waals surface area (Å²) < 4.78 is 2.21. The Morgan fingerprint density at radius 3 is 1.61 bits per heavy atom. The van der Waals surface area contributed by atoms with Crippen LogP contribution in [0.15, 0.2) is 146 Å². The number of aromatic nitrogens is 3. The molecule has 4 heteroatoms. The predicted octanol–water partition coefficient (Wildman–Crippen LogP) is 15.7. The molecule has 0 saturated heterocycles. The van der Waals surface area contributed by atoms with E-state index in [9.17, 15) is 5.11 Å². The van der Waals surface area contributed by atoms with Crippen LogP contribution in [-0.4, -0.2) is 19.6 Å². The second-order valence-corrected chi connectivity index (χ2v) is 21.1. The van der Waals surface area contributed by atoms with Crippen molar-refractivity contribution in [2.45, 2.75) is 105 Å². The molecule has 0 aliphatic heterocycles. The van der Waals surface area contributed by atoms with Crippen LogP contribution in [0, 0.1) is 0 Å². The molecule has 0 amide bonds. The minimum Gasteiger partial charge on any atom is -0.507 e. The van der Waals surface area contributed by atoms with Crippen LogP contribution in [0.2, 0.25) is 0 Å². The van der Waals surface area contributed by atoms with Gasteiger partial charge in [-0.25, -0.2) is 4.98 Å². The molecule has 0 aliphatic rings. The number of hydrogen-bond donors (Lipinski definition) is 1. The van der Waals surface area contributed by atoms with Gasteiger partial charge in [-0.1, -0.05) is 168 Å². The zero-order valence-electron chi connectivity index (χ0n) is 38.6. The van der Waals surface area contributed by atoms with Crippen molar-refractivity contribution in [1.29, 1.82) is 0 Å². The maximum absolute atomic E-state index is 12.3. The van der Waals surface area contributed by atoms with Gasteiger partial charge in [-0.05, 0) is 121 Å². The van der Waals surface area contributed by atoms with Crippen molar-refractivity contribution < 1.29 is 5.11 Å². The number of aromatic hydroxyl groups is 1. The van der Waals surface area contributed by atoms with Gasteiger partial charge in [-0.15, -0.1) is 0 Å². The molecule has 0 atom stereocenters. The lowest BCUT2D eigenvalue weighted by molar-refractivity contribution is 0.446. The van der Waals surface area contributed by atoms with Gasteiger partial charge in [-0.3, -0.25) is 9.55 Å². The van der Waals surface area contributed by atoms with Gasteiger partial charge in [0.2, 0.25) is 0 Å². The normalized spacial score (nSPS) is 12.6. The molecule has 0 radical (unpaired) electrons. The topological polar surface area (TPSA) is 50.9 Å². The van der Waals surface area contributed by atoms with E-state index in [2.05, 4.69) is 221 Å². The number of hydrogen-bond acceptors (Lipinski definition) is 3. The number of para-hydroxylation sites is 2. The maximum atomic E-state index is 12.3. The van der Waals surface area contributed by atoms with Crippen LogP contribution in [0.1, 0.15) is 105 Å². The van der Waals surface area contributed by atoms with Gasteiger partial charge in [-0.2, -0.15) is 0 Å². The largest absolute Gasteiger partial charge is 0.507 e. The van der Waals surface area contributed by atoms with Crippen molar-refractivity contribution in [3.05, 3.63) is 168 Å². The fraction of sp³-hybridized carbons (Fsp3) is 0.276. The molecule has 0 bridgehead atoms. The van der Waals surface area contributed by atoms with E-state index in [0.717, 1.165) is 72.5 Å². The molecule has 2 aromatic heterocycles. The molecular weight excluding hydrogens is 755 g/mol. The van der Waals surface area contributed by atoms with Crippen molar-refractivity contribution >= 4 is 11.0 Å². The average Bonchev–Trinajstić information content (AvgIpc) is 3.62. The SMILES string of the molecule is CC(C)(C)c1cc(-c2cc(-c3cc(-c4ccccc4)ccn3)cc(-c3cccc4c3nc(-c3cc(C(C)(C)C)cc(C(C)(C)C)c3O)n4-c3ccccc3)c2)cc(C(C)(C)C)c1. The van der Waals surface area contributed by atoms with Crippen molar-refractivity contribution in [2.24, 2.45) is 0 Å². The maximum Gasteiger partial charge on any atom is 0.149 e. The number of benzene rings is 6. The highest BCUT2D eigenvalue weighted by Gasteiger charge is 2.29. The first-order valence-electron chi connectivity index (χ1n) is 22.0. The number of nitrogens with zero attached hydrogens (tertiary/aromatic N) is 3. The first-order valence-corrected chi connectivity index (χ1v) is 22.0. The fourth-order valence-corrected chi connectivity index (χ4v) is 8.32. The highest BCUT2D eigenvalue weighted by molar-refractivity contribution is 5.98. The zero-order valence-corrected chi connectivity index (χ0v) is 38.6. The Hall–Kier alpha value is -6.26. The summed E-state index contributed by atoms with van der Waals surface area (Å²) >= 11 is 0. The zero-order chi connectivity index (χ0) is 44.4. The Bertz CT molecular complexity index is 2890. The van der Waals surface area contributed by atoms with Gasteiger partial charge < -0.3 is 5.11 Å². The fourth-order valence-electron chi connectivity index (χ4n) is 8.32. The smallest absolute Gasteiger partial charge is 0.149 e. The van der Waals surface area contributed by atoms with Crippen LogP contribution in [-0.2, 0) is 21.7 Å². The van der Waals surface area contributed by atoms with E-state index in [-0.39, 0.29) is 27.4 Å². The summed E-state index contributed by atoms with van der Waals surface area (Å²) in [5.41, 5.74) is 16.2. The lowest BCUT2D eigenvalue weighted by Crippen LogP contribution is -2.17. The first-order chi connectivity index (χ1) is 29.2. The number of phenols is 1. The van der Waals surface area contributed by atoms with Crippen LogP contribution < -0.4 is 0 Å². The highest BCUT2D eigenvalue weighted by atomic mass is 16.3. The third-order valence-electron chi connectivity index (χ3n) is 12.1. The van der Waals surface area contributed by atoms with Crippen molar-refractivity contribution in [3.63, 3.8) is 0 Å². The highest BCUT2D eigenvalue weighted by Crippen LogP contribution is 2.45. The van der Waals surface area contributed by atoms with Gasteiger partial charge in [0.1, 0.15) is 11.6 Å². The molecule has 0 fully saturated rings. The minimum atomic E-state index is -0.297. The van der Waals surface area contributed by atoms with Crippen LogP contribution in [0.5, 0.6) is 5.75 Å². The Labute approximate surface area is 369 Å². The minimum absolute atomic E-state index is 0.0446. The second kappa shape index (κ2) is 15.6. The van der Waals surface area contributed by atoms with Gasteiger partial charge in [0.25, 0.3) is 0 Å². The lowest BCUT2D eigenvalue weighted by Gasteiger charge is -2.27. The summed E-state index contributed by atoms with van der Waals surface area (Å²) in [6, 6.07) is 50.0. The molecule has 6 aromatic carbocycles. The molecule has 1 N–H and O–H groups in total. The summed E-state index contributed by atoms with van der Waals surface area (Å²) in [6.07, 6.45) is 1.92. The van der Waals surface area contributed by atoms with Crippen LogP contribution in [0.25, 0.3) is 72.7 Å². The number of pyridine rings is 1. The van der Waals surface area contributed by atoms with E-state index >= 15 is 0 Å². The summed E-state index contributed by atoms with van der Waals surface area (Å²) in [7, 11) is 0. The molecular formula is C58H61N3O. The van der Waals surface area contributed by atoms with Crippen molar-refractivity contribution in [2.75, 3.05) is 0 Å². The summed E-state index contributed by atoms with van der Waals surface area (Å²) in [5.74, 6) is 0.968. The molecule has 0 aliphatic carbocycles. The Kier molecular flexibility index (Phi) is 10.7. The Balaban J connectivity index is 1.44. The third kappa shape index (κ3) is 8.36. The van der Waals surface area contributed by atoms with Crippen LogP contribution >= 0.6 is 0 Å². The molecule has 314 valence electrons. The summed E-state index contributed by atoms with van der Waals surface area (Å²) in [5, 5.41) is 12.3. The summed E-state index contributed by atoms with van der Waals surface area (Å²) in [6.45, 7) is 26.9. The monoisotopic (exact) mass is 815 g/mol. The molecule has 2 heterocycles. The molecule has 0 unspecified atom stereocenters. The number of rotatable bonds is 6. The van der Waals surface area contributed by atoms with E-state index in [1.807, 2.05) is 12.3 Å². The van der Waals surface area contributed by atoms with Crippen molar-refractivity contribution in [1.82, 2.24) is 14.5 Å². The Morgan fingerprint density at radius 2 is 1.00 bits per heavy atom. The van der Waals surface area contributed by atoms with Gasteiger partial charge >= 0.3 is 0 Å². The van der Waals surface area contributed by atoms with E-state index in [1.54, 1.807) is 0 Å².